The fraction of sp³-hybridized carbons (Fsp3) is 0.211. The number of pyridine rings is 2. The van der Waals surface area contributed by atoms with Crippen molar-refractivity contribution in [2.45, 2.75) is 19.9 Å². The predicted molar refractivity (Wildman–Crippen MR) is 110 cm³/mol. The van der Waals surface area contributed by atoms with Crippen molar-refractivity contribution in [2.24, 2.45) is 10.7 Å². The lowest BCUT2D eigenvalue weighted by atomic mass is 10.2. The summed E-state index contributed by atoms with van der Waals surface area (Å²) in [6.45, 7) is 2.49. The van der Waals surface area contributed by atoms with E-state index in [0.29, 0.717) is 24.2 Å². The van der Waals surface area contributed by atoms with Gasteiger partial charge in [0.25, 0.3) is 0 Å². The molecule has 3 aromatic rings. The van der Waals surface area contributed by atoms with E-state index in [4.69, 9.17) is 5.73 Å². The van der Waals surface area contributed by atoms with Crippen LogP contribution in [0.2, 0.25) is 0 Å². The smallest absolute Gasteiger partial charge is 0.217 e. The maximum absolute atomic E-state index is 11.0. The van der Waals surface area contributed by atoms with E-state index in [2.05, 4.69) is 30.6 Å². The zero-order chi connectivity index (χ0) is 19.8. The zero-order valence-corrected chi connectivity index (χ0v) is 16.2. The highest BCUT2D eigenvalue weighted by Gasteiger charge is 2.07. The quantitative estimate of drug-likeness (QED) is 0.416. The van der Waals surface area contributed by atoms with Gasteiger partial charge in [-0.05, 0) is 24.3 Å². The van der Waals surface area contributed by atoms with Crippen LogP contribution in [0.25, 0.3) is 11.4 Å². The zero-order valence-electron chi connectivity index (χ0n) is 15.4. The van der Waals surface area contributed by atoms with Crippen LogP contribution >= 0.6 is 11.3 Å². The lowest BCUT2D eigenvalue weighted by Crippen LogP contribution is -2.32. The second-order valence-corrected chi connectivity index (χ2v) is 6.77. The van der Waals surface area contributed by atoms with Gasteiger partial charge >= 0.3 is 0 Å². The molecule has 4 N–H and O–H groups in total. The summed E-state index contributed by atoms with van der Waals surface area (Å²) in [6, 6.07) is 11.4. The number of nitrogens with zero attached hydrogens (tertiary/aromatic N) is 4. The Kier molecular flexibility index (Phi) is 6.64. The monoisotopic (exact) mass is 395 g/mol. The molecule has 0 bridgehead atoms. The van der Waals surface area contributed by atoms with Crippen molar-refractivity contribution in [2.75, 3.05) is 6.54 Å². The van der Waals surface area contributed by atoms with Crippen LogP contribution in [0.4, 0.5) is 5.13 Å². The Labute approximate surface area is 167 Å². The first kappa shape index (κ1) is 19.4. The van der Waals surface area contributed by atoms with Crippen LogP contribution in [0.15, 0.2) is 53.0 Å². The van der Waals surface area contributed by atoms with Gasteiger partial charge in [0.15, 0.2) is 5.96 Å². The molecule has 0 aliphatic heterocycles. The lowest BCUT2D eigenvalue weighted by Gasteiger charge is -2.04. The highest BCUT2D eigenvalue weighted by molar-refractivity contribution is 7.13. The summed E-state index contributed by atoms with van der Waals surface area (Å²) in [5.74, 6) is 0.215. The van der Waals surface area contributed by atoms with Crippen molar-refractivity contribution in [1.82, 2.24) is 25.6 Å². The van der Waals surface area contributed by atoms with Crippen LogP contribution in [-0.2, 0) is 17.8 Å². The fourth-order valence-electron chi connectivity index (χ4n) is 2.38. The third kappa shape index (κ3) is 5.85. The molecule has 1 amide bonds. The van der Waals surface area contributed by atoms with E-state index in [9.17, 15) is 4.79 Å². The molecule has 3 rings (SSSR count). The van der Waals surface area contributed by atoms with Crippen molar-refractivity contribution in [3.05, 3.63) is 59.4 Å². The lowest BCUT2D eigenvalue weighted by molar-refractivity contribution is -0.119. The number of hydrogen-bond donors (Lipinski definition) is 3. The number of nitrogens with two attached hydrogens (primary N) is 1. The molecule has 0 atom stereocenters. The number of guanidine groups is 1. The third-order valence-corrected chi connectivity index (χ3v) is 4.44. The summed E-state index contributed by atoms with van der Waals surface area (Å²) in [5, 5.41) is 8.22. The Bertz CT molecular complexity index is 956. The number of rotatable bonds is 7. The molecular formula is C19H21N7OS. The van der Waals surface area contributed by atoms with Crippen LogP contribution in [-0.4, -0.2) is 33.4 Å². The van der Waals surface area contributed by atoms with Crippen LogP contribution in [0, 0.1) is 0 Å². The van der Waals surface area contributed by atoms with E-state index in [1.165, 1.54) is 18.3 Å². The number of carbonyl (C=O) groups excluding carboxylic acids is 1. The minimum absolute atomic E-state index is 0.0940. The summed E-state index contributed by atoms with van der Waals surface area (Å²) in [7, 11) is 0. The van der Waals surface area contributed by atoms with E-state index in [1.807, 2.05) is 41.8 Å². The number of nitrogens with one attached hydrogen (secondary N) is 2. The summed E-state index contributed by atoms with van der Waals surface area (Å²) >= 11 is 1.39. The van der Waals surface area contributed by atoms with Crippen LogP contribution in [0.5, 0.6) is 0 Å². The Balaban J connectivity index is 1.59. The van der Waals surface area contributed by atoms with Crippen molar-refractivity contribution >= 4 is 28.3 Å². The first-order valence-corrected chi connectivity index (χ1v) is 9.62. The molecule has 0 unspecified atom stereocenters. The van der Waals surface area contributed by atoms with Gasteiger partial charge in [-0.1, -0.05) is 12.1 Å². The molecule has 0 aliphatic rings. The van der Waals surface area contributed by atoms with Gasteiger partial charge in [0.05, 0.1) is 17.9 Å². The Morgan fingerprint density at radius 2 is 1.96 bits per heavy atom. The van der Waals surface area contributed by atoms with Crippen LogP contribution in [0.3, 0.4) is 0 Å². The van der Waals surface area contributed by atoms with Gasteiger partial charge in [-0.3, -0.25) is 9.78 Å². The fourth-order valence-corrected chi connectivity index (χ4v) is 3.07. The maximum atomic E-state index is 11.0. The molecule has 8 nitrogen and oxygen atoms in total. The summed E-state index contributed by atoms with van der Waals surface area (Å²) < 4.78 is 0. The average molecular weight is 395 g/mol. The second-order valence-electron chi connectivity index (χ2n) is 5.93. The van der Waals surface area contributed by atoms with Crippen molar-refractivity contribution < 1.29 is 4.79 Å². The maximum Gasteiger partial charge on any atom is 0.217 e. The topological polar surface area (TPSA) is 118 Å². The van der Waals surface area contributed by atoms with Crippen molar-refractivity contribution in [1.29, 1.82) is 0 Å². The average Bonchev–Trinajstić information content (AvgIpc) is 3.16. The standard InChI is InChI=1S/C19H21N7OS/c1-13(27)23-11-15-6-4-7-16(24-15)17-12-28-19(25-17)26-18(20)22-10-8-14-5-2-3-9-21-14/h2-7,9,12H,8,10-11H2,1H3,(H,23,27)(H3,20,22,25,26). The van der Waals surface area contributed by atoms with Gasteiger partial charge < -0.3 is 16.4 Å². The predicted octanol–water partition coefficient (Wildman–Crippen LogP) is 2.01. The second kappa shape index (κ2) is 9.56. The first-order valence-electron chi connectivity index (χ1n) is 8.74. The Morgan fingerprint density at radius 3 is 2.75 bits per heavy atom. The van der Waals surface area contributed by atoms with E-state index < -0.39 is 0 Å². The van der Waals surface area contributed by atoms with Crippen molar-refractivity contribution in [3.8, 4) is 11.4 Å². The molecule has 0 fully saturated rings. The van der Waals surface area contributed by atoms with Gasteiger partial charge in [-0.25, -0.2) is 9.97 Å². The molecular weight excluding hydrogens is 374 g/mol. The molecule has 0 spiro atoms. The molecule has 0 radical (unpaired) electrons. The van der Waals surface area contributed by atoms with Gasteiger partial charge in [-0.2, -0.15) is 4.99 Å². The Hall–Kier alpha value is -3.33. The first-order chi connectivity index (χ1) is 13.6. The van der Waals surface area contributed by atoms with Crippen LogP contribution in [0.1, 0.15) is 18.3 Å². The van der Waals surface area contributed by atoms with Gasteiger partial charge in [-0.15, -0.1) is 11.3 Å². The van der Waals surface area contributed by atoms with E-state index in [0.717, 1.165) is 29.2 Å². The summed E-state index contributed by atoms with van der Waals surface area (Å²) in [4.78, 5) is 28.6. The number of aliphatic imine (C=N–C) groups is 1. The largest absolute Gasteiger partial charge is 0.370 e. The number of carbonyl (C=O) groups is 1. The molecule has 0 saturated carbocycles. The molecule has 9 heteroatoms. The van der Waals surface area contributed by atoms with Gasteiger partial charge in [0.1, 0.15) is 5.69 Å². The third-order valence-electron chi connectivity index (χ3n) is 3.71. The molecule has 0 aromatic carbocycles. The number of hydrogen-bond acceptors (Lipinski definition) is 6. The molecule has 3 aromatic heterocycles. The summed E-state index contributed by atoms with van der Waals surface area (Å²) in [5.41, 5.74) is 9.14. The van der Waals surface area contributed by atoms with E-state index >= 15 is 0 Å². The molecule has 0 aliphatic carbocycles. The van der Waals surface area contributed by atoms with Gasteiger partial charge in [0, 0.05) is 37.2 Å². The van der Waals surface area contributed by atoms with Gasteiger partial charge in [0.2, 0.25) is 11.0 Å². The SMILES string of the molecule is CC(=O)NCc1cccc(-c2csc(/N=C(\N)NCCc3ccccn3)n2)n1. The van der Waals surface area contributed by atoms with Crippen molar-refractivity contribution in [3.63, 3.8) is 0 Å². The van der Waals surface area contributed by atoms with E-state index in [-0.39, 0.29) is 5.91 Å². The van der Waals surface area contributed by atoms with E-state index in [1.54, 1.807) is 6.20 Å². The molecule has 28 heavy (non-hydrogen) atoms. The molecule has 3 heterocycles. The number of thiazole rings is 1. The number of aromatic nitrogens is 3. The highest BCUT2D eigenvalue weighted by Crippen LogP contribution is 2.25. The number of amides is 1. The Morgan fingerprint density at radius 1 is 1.11 bits per heavy atom. The minimum atomic E-state index is -0.0940. The minimum Gasteiger partial charge on any atom is -0.370 e. The normalized spacial score (nSPS) is 11.2. The molecule has 0 saturated heterocycles. The highest BCUT2D eigenvalue weighted by atomic mass is 32.1. The summed E-state index contributed by atoms with van der Waals surface area (Å²) in [6.07, 6.45) is 2.52. The van der Waals surface area contributed by atoms with Crippen LogP contribution < -0.4 is 16.4 Å². The molecule has 144 valence electrons.